The van der Waals surface area contributed by atoms with Crippen molar-refractivity contribution in [2.45, 2.75) is 46.0 Å². The monoisotopic (exact) mass is 354 g/mol. The van der Waals surface area contributed by atoms with E-state index in [9.17, 15) is 9.59 Å². The summed E-state index contributed by atoms with van der Waals surface area (Å²) in [5, 5.41) is 3.38. The summed E-state index contributed by atoms with van der Waals surface area (Å²) in [6.45, 7) is 7.52. The lowest BCUT2D eigenvalue weighted by molar-refractivity contribution is 0.0655. The van der Waals surface area contributed by atoms with Crippen molar-refractivity contribution in [3.05, 3.63) is 22.6 Å². The topological polar surface area (TPSA) is 62.6 Å². The Morgan fingerprint density at radius 3 is 2.62 bits per heavy atom. The van der Waals surface area contributed by atoms with Gasteiger partial charge in [0.1, 0.15) is 5.76 Å². The van der Waals surface area contributed by atoms with E-state index in [1.165, 1.54) is 0 Å². The van der Waals surface area contributed by atoms with Gasteiger partial charge in [-0.2, -0.15) is 0 Å². The van der Waals surface area contributed by atoms with Crippen molar-refractivity contribution in [1.82, 2.24) is 10.2 Å². The highest BCUT2D eigenvalue weighted by Gasteiger charge is 2.32. The van der Waals surface area contributed by atoms with Crippen LogP contribution in [0.4, 0.5) is 0 Å². The lowest BCUT2D eigenvalue weighted by Crippen LogP contribution is -2.40. The molecule has 0 radical (unpaired) electrons. The summed E-state index contributed by atoms with van der Waals surface area (Å²) in [6, 6.07) is 0. The third-order valence-corrected chi connectivity index (χ3v) is 5.09. The van der Waals surface area contributed by atoms with Crippen LogP contribution in [-0.2, 0) is 6.42 Å². The summed E-state index contributed by atoms with van der Waals surface area (Å²) in [4.78, 5) is 26.7. The van der Waals surface area contributed by atoms with Gasteiger partial charge in [0.05, 0.1) is 5.56 Å². The standard InChI is InChI=1S/C18H26N2O3.ClH/c1-3-19-11-13-7-9-20(10-8-13)18(22)17-12(2)16-14(21)5-4-6-15(16)23-17;/h13,19H,3-11H2,1-2H3;1H. The van der Waals surface area contributed by atoms with Gasteiger partial charge in [-0.05, 0) is 45.2 Å². The molecule has 2 aliphatic rings. The molecule has 5 nitrogen and oxygen atoms in total. The number of carbonyl (C=O) groups is 2. The smallest absolute Gasteiger partial charge is 0.289 e. The van der Waals surface area contributed by atoms with Crippen molar-refractivity contribution in [2.24, 2.45) is 5.92 Å². The van der Waals surface area contributed by atoms with Gasteiger partial charge in [0.25, 0.3) is 5.91 Å². The van der Waals surface area contributed by atoms with Crippen molar-refractivity contribution in [2.75, 3.05) is 26.2 Å². The van der Waals surface area contributed by atoms with E-state index in [-0.39, 0.29) is 24.1 Å². The summed E-state index contributed by atoms with van der Waals surface area (Å²) in [5.74, 6) is 1.81. The van der Waals surface area contributed by atoms with Crippen molar-refractivity contribution in [3.8, 4) is 0 Å². The minimum Gasteiger partial charge on any atom is -0.455 e. The Morgan fingerprint density at radius 2 is 2.00 bits per heavy atom. The fraction of sp³-hybridized carbons (Fsp3) is 0.667. The molecule has 1 N–H and O–H groups in total. The maximum absolute atomic E-state index is 12.8. The number of furan rings is 1. The van der Waals surface area contributed by atoms with Crippen LogP contribution in [0.25, 0.3) is 0 Å². The van der Waals surface area contributed by atoms with Crippen LogP contribution in [-0.4, -0.2) is 42.8 Å². The second kappa shape index (κ2) is 8.17. The van der Waals surface area contributed by atoms with Gasteiger partial charge >= 0.3 is 0 Å². The average Bonchev–Trinajstić information content (AvgIpc) is 2.91. The summed E-state index contributed by atoms with van der Waals surface area (Å²) in [5.41, 5.74) is 1.41. The first-order chi connectivity index (χ1) is 11.1. The number of amides is 1. The molecule has 3 rings (SSSR count). The van der Waals surface area contributed by atoms with E-state index in [1.807, 2.05) is 11.8 Å². The van der Waals surface area contributed by atoms with Gasteiger partial charge in [-0.1, -0.05) is 6.92 Å². The molecule has 1 fully saturated rings. The quantitative estimate of drug-likeness (QED) is 0.902. The van der Waals surface area contributed by atoms with Crippen LogP contribution in [0.5, 0.6) is 0 Å². The van der Waals surface area contributed by atoms with Crippen LogP contribution in [0.15, 0.2) is 4.42 Å². The molecule has 24 heavy (non-hydrogen) atoms. The van der Waals surface area contributed by atoms with E-state index in [4.69, 9.17) is 4.42 Å². The van der Waals surface area contributed by atoms with Crippen LogP contribution in [0.3, 0.4) is 0 Å². The highest BCUT2D eigenvalue weighted by molar-refractivity contribution is 6.03. The maximum Gasteiger partial charge on any atom is 0.289 e. The molecule has 1 saturated heterocycles. The molecule has 1 aromatic rings. The predicted octanol–water partition coefficient (Wildman–Crippen LogP) is 2.99. The SMILES string of the molecule is CCNCC1CCN(C(=O)c2oc3c(c2C)C(=O)CCC3)CC1.Cl. The lowest BCUT2D eigenvalue weighted by atomic mass is 9.93. The van der Waals surface area contributed by atoms with Crippen molar-refractivity contribution < 1.29 is 14.0 Å². The number of carbonyl (C=O) groups excluding carboxylic acids is 2. The molecule has 1 aliphatic heterocycles. The molecular formula is C18H27ClN2O3. The first-order valence-corrected chi connectivity index (χ1v) is 8.77. The molecule has 1 aromatic heterocycles. The van der Waals surface area contributed by atoms with Crippen molar-refractivity contribution in [3.63, 3.8) is 0 Å². The highest BCUT2D eigenvalue weighted by atomic mass is 35.5. The van der Waals surface area contributed by atoms with Gasteiger partial charge in [0.15, 0.2) is 11.5 Å². The van der Waals surface area contributed by atoms with E-state index < -0.39 is 0 Å². The molecular weight excluding hydrogens is 328 g/mol. The van der Waals surface area contributed by atoms with Crippen LogP contribution in [0, 0.1) is 12.8 Å². The van der Waals surface area contributed by atoms with Gasteiger partial charge in [0.2, 0.25) is 0 Å². The number of halogens is 1. The van der Waals surface area contributed by atoms with E-state index >= 15 is 0 Å². The second-order valence-electron chi connectivity index (χ2n) is 6.67. The Hall–Kier alpha value is -1.33. The van der Waals surface area contributed by atoms with E-state index in [0.29, 0.717) is 29.4 Å². The first kappa shape index (κ1) is 19.0. The van der Waals surface area contributed by atoms with Gasteiger partial charge < -0.3 is 14.6 Å². The number of hydrogen-bond donors (Lipinski definition) is 1. The Kier molecular flexibility index (Phi) is 6.47. The predicted molar refractivity (Wildman–Crippen MR) is 95.1 cm³/mol. The van der Waals surface area contributed by atoms with E-state index in [1.54, 1.807) is 0 Å². The lowest BCUT2D eigenvalue weighted by Gasteiger charge is -2.31. The maximum atomic E-state index is 12.8. The first-order valence-electron chi connectivity index (χ1n) is 8.77. The van der Waals surface area contributed by atoms with Gasteiger partial charge in [-0.3, -0.25) is 9.59 Å². The van der Waals surface area contributed by atoms with Crippen molar-refractivity contribution >= 4 is 24.1 Å². The number of piperidine rings is 1. The van der Waals surface area contributed by atoms with Crippen LogP contribution in [0.1, 0.15) is 64.8 Å². The average molecular weight is 355 g/mol. The molecule has 1 amide bonds. The molecule has 1 aliphatic carbocycles. The molecule has 2 heterocycles. The molecule has 0 aromatic carbocycles. The van der Waals surface area contributed by atoms with Gasteiger partial charge in [0, 0.05) is 31.5 Å². The number of Topliss-reactive ketones (excluding diaryl/α,β-unsaturated/α-hetero) is 1. The number of likely N-dealkylation sites (tertiary alicyclic amines) is 1. The highest BCUT2D eigenvalue weighted by Crippen LogP contribution is 2.30. The molecule has 0 unspecified atom stereocenters. The second-order valence-corrected chi connectivity index (χ2v) is 6.67. The number of nitrogens with one attached hydrogen (secondary N) is 1. The Balaban J connectivity index is 0.00000208. The Labute approximate surface area is 149 Å². The van der Waals surface area contributed by atoms with E-state index in [2.05, 4.69) is 12.2 Å². The molecule has 0 spiro atoms. The third kappa shape index (κ3) is 3.67. The minimum atomic E-state index is -0.0494. The fourth-order valence-corrected chi connectivity index (χ4v) is 3.68. The molecule has 0 saturated carbocycles. The minimum absolute atomic E-state index is 0. The van der Waals surface area contributed by atoms with Crippen LogP contribution in [0.2, 0.25) is 0 Å². The summed E-state index contributed by atoms with van der Waals surface area (Å²) in [7, 11) is 0. The zero-order chi connectivity index (χ0) is 16.4. The van der Waals surface area contributed by atoms with Crippen molar-refractivity contribution in [1.29, 1.82) is 0 Å². The number of rotatable bonds is 4. The molecule has 6 heteroatoms. The molecule has 0 atom stereocenters. The number of fused-ring (bicyclic) bond motifs is 1. The summed E-state index contributed by atoms with van der Waals surface area (Å²) < 4.78 is 5.79. The normalized spacial score (nSPS) is 18.2. The third-order valence-electron chi connectivity index (χ3n) is 5.09. The Morgan fingerprint density at radius 1 is 1.29 bits per heavy atom. The number of ketones is 1. The fourth-order valence-electron chi connectivity index (χ4n) is 3.68. The van der Waals surface area contributed by atoms with Gasteiger partial charge in [-0.25, -0.2) is 0 Å². The largest absolute Gasteiger partial charge is 0.455 e. The zero-order valence-corrected chi connectivity index (χ0v) is 15.3. The number of hydrogen-bond acceptors (Lipinski definition) is 4. The molecule has 0 bridgehead atoms. The summed E-state index contributed by atoms with van der Waals surface area (Å²) >= 11 is 0. The summed E-state index contributed by atoms with van der Waals surface area (Å²) in [6.07, 6.45) is 4.20. The number of aryl methyl sites for hydroxylation is 1. The van der Waals surface area contributed by atoms with E-state index in [0.717, 1.165) is 57.4 Å². The van der Waals surface area contributed by atoms with Gasteiger partial charge in [-0.15, -0.1) is 12.4 Å². The van der Waals surface area contributed by atoms with Crippen LogP contribution >= 0.6 is 12.4 Å². The Bertz CT molecular complexity index is 604. The number of nitrogens with zero attached hydrogens (tertiary/aromatic N) is 1. The van der Waals surface area contributed by atoms with Crippen LogP contribution < -0.4 is 5.32 Å². The zero-order valence-electron chi connectivity index (χ0n) is 14.5. The molecule has 134 valence electrons.